The Bertz CT molecular complexity index is 179. The van der Waals surface area contributed by atoms with Crippen molar-refractivity contribution in [3.63, 3.8) is 0 Å². The number of amides is 1. The first-order valence-corrected chi connectivity index (χ1v) is 2.86. The first-order chi connectivity index (χ1) is 5.35. The van der Waals surface area contributed by atoms with E-state index in [9.17, 15) is 22.8 Å². The third-order valence-corrected chi connectivity index (χ3v) is 0.925. The molecule has 0 saturated carbocycles. The maximum Gasteiger partial charge on any atom is 0.405 e. The van der Waals surface area contributed by atoms with Crippen molar-refractivity contribution in [2.45, 2.75) is 18.6 Å². The molecule has 70 valence electrons. The molecule has 0 radical (unpaired) electrons. The summed E-state index contributed by atoms with van der Waals surface area (Å²) in [7, 11) is 0. The molecular formula is C5H6F3NO3. The van der Waals surface area contributed by atoms with E-state index in [0.717, 1.165) is 0 Å². The molecule has 0 aliphatic rings. The number of alkyl halides is 3. The summed E-state index contributed by atoms with van der Waals surface area (Å²) in [6.07, 6.45) is -7.78. The van der Waals surface area contributed by atoms with Crippen LogP contribution < -0.4 is 5.32 Å². The van der Waals surface area contributed by atoms with Gasteiger partial charge < -0.3 is 15.2 Å². The van der Waals surface area contributed by atoms with Crippen molar-refractivity contribution < 1.29 is 27.9 Å². The Morgan fingerprint density at radius 1 is 1.58 bits per heavy atom. The predicted molar refractivity (Wildman–Crippen MR) is 31.7 cm³/mol. The molecule has 0 rings (SSSR count). The Labute approximate surface area is 65.4 Å². The molecule has 0 aromatic rings. The van der Waals surface area contributed by atoms with Gasteiger partial charge in [-0.2, -0.15) is 13.2 Å². The predicted octanol–water partition coefficient (Wildman–Crippen LogP) is 0.774. The van der Waals surface area contributed by atoms with Crippen molar-refractivity contribution in [3.05, 3.63) is 0 Å². The monoisotopic (exact) mass is 185 g/mol. The Kier molecular flexibility index (Phi) is 3.52. The van der Waals surface area contributed by atoms with Crippen LogP contribution in [0, 0.1) is 0 Å². The second-order valence-electron chi connectivity index (χ2n) is 2.01. The van der Waals surface area contributed by atoms with E-state index < -0.39 is 24.7 Å². The first-order valence-electron chi connectivity index (χ1n) is 2.86. The lowest BCUT2D eigenvalue weighted by Crippen LogP contribution is -2.38. The summed E-state index contributed by atoms with van der Waals surface area (Å²) in [6, 6.07) is -1.72. The molecule has 0 spiro atoms. The Morgan fingerprint density at radius 2 is 2.08 bits per heavy atom. The van der Waals surface area contributed by atoms with Gasteiger partial charge in [-0.3, -0.25) is 0 Å². The topological polar surface area (TPSA) is 66.4 Å². The van der Waals surface area contributed by atoms with Crippen LogP contribution in [0.4, 0.5) is 18.0 Å². The van der Waals surface area contributed by atoms with Crippen LogP contribution in [0.2, 0.25) is 0 Å². The van der Waals surface area contributed by atoms with Gasteiger partial charge in [0.1, 0.15) is 6.29 Å². The number of rotatable bonds is 3. The van der Waals surface area contributed by atoms with Crippen LogP contribution in [-0.2, 0) is 4.79 Å². The zero-order valence-electron chi connectivity index (χ0n) is 5.76. The van der Waals surface area contributed by atoms with Crippen LogP contribution in [-0.4, -0.2) is 29.7 Å². The zero-order chi connectivity index (χ0) is 9.78. The van der Waals surface area contributed by atoms with Gasteiger partial charge in [0.2, 0.25) is 0 Å². The van der Waals surface area contributed by atoms with Gasteiger partial charge in [0, 0.05) is 0 Å². The lowest BCUT2D eigenvalue weighted by molar-refractivity contribution is -0.143. The van der Waals surface area contributed by atoms with Crippen LogP contribution in [0.25, 0.3) is 0 Å². The average Bonchev–Trinajstić information content (AvgIpc) is 1.82. The standard InChI is InChI=1S/C5H6F3NO3/c6-5(7,8)1-3(2-10)9-4(11)12/h2-3,9H,1H2,(H,11,12)/t3-/m0/s1. The highest BCUT2D eigenvalue weighted by Crippen LogP contribution is 2.20. The molecule has 0 bridgehead atoms. The number of carbonyl (C=O) groups is 2. The van der Waals surface area contributed by atoms with E-state index in [1.54, 1.807) is 0 Å². The summed E-state index contributed by atoms with van der Waals surface area (Å²) in [4.78, 5) is 19.7. The van der Waals surface area contributed by atoms with Crippen LogP contribution in [0.5, 0.6) is 0 Å². The summed E-state index contributed by atoms with van der Waals surface area (Å²) >= 11 is 0. The van der Waals surface area contributed by atoms with Crippen molar-refractivity contribution in [1.29, 1.82) is 0 Å². The molecule has 4 nitrogen and oxygen atoms in total. The van der Waals surface area contributed by atoms with Gasteiger partial charge in [0.05, 0.1) is 12.5 Å². The smallest absolute Gasteiger partial charge is 0.405 e. The fraction of sp³-hybridized carbons (Fsp3) is 0.600. The third-order valence-electron chi connectivity index (χ3n) is 0.925. The summed E-state index contributed by atoms with van der Waals surface area (Å²) < 4.78 is 34.7. The second kappa shape index (κ2) is 3.93. The number of hydrogen-bond acceptors (Lipinski definition) is 2. The van der Waals surface area contributed by atoms with E-state index in [2.05, 4.69) is 0 Å². The van der Waals surface area contributed by atoms with Crippen LogP contribution in [0.3, 0.4) is 0 Å². The van der Waals surface area contributed by atoms with Crippen LogP contribution in [0.15, 0.2) is 0 Å². The molecule has 2 N–H and O–H groups in total. The van der Waals surface area contributed by atoms with E-state index in [0.29, 0.717) is 0 Å². The minimum Gasteiger partial charge on any atom is -0.465 e. The molecule has 0 aliphatic heterocycles. The van der Waals surface area contributed by atoms with Crippen molar-refractivity contribution in [3.8, 4) is 0 Å². The average molecular weight is 185 g/mol. The van der Waals surface area contributed by atoms with Gasteiger partial charge in [-0.05, 0) is 0 Å². The first kappa shape index (κ1) is 10.7. The highest BCUT2D eigenvalue weighted by atomic mass is 19.4. The molecule has 0 saturated heterocycles. The molecule has 1 atom stereocenters. The van der Waals surface area contributed by atoms with Gasteiger partial charge >= 0.3 is 12.3 Å². The Hall–Kier alpha value is -1.27. The quantitative estimate of drug-likeness (QED) is 0.638. The molecule has 7 heteroatoms. The van der Waals surface area contributed by atoms with E-state index in [1.807, 2.05) is 0 Å². The molecule has 0 aromatic carbocycles. The van der Waals surface area contributed by atoms with Gasteiger partial charge in [-0.15, -0.1) is 0 Å². The Morgan fingerprint density at radius 3 is 2.33 bits per heavy atom. The fourth-order valence-corrected chi connectivity index (χ4v) is 0.541. The van der Waals surface area contributed by atoms with Crippen molar-refractivity contribution >= 4 is 12.4 Å². The van der Waals surface area contributed by atoms with E-state index in [-0.39, 0.29) is 6.29 Å². The zero-order valence-corrected chi connectivity index (χ0v) is 5.76. The maximum atomic E-state index is 11.6. The summed E-state index contributed by atoms with van der Waals surface area (Å²) in [5.74, 6) is 0. The second-order valence-corrected chi connectivity index (χ2v) is 2.01. The van der Waals surface area contributed by atoms with Gasteiger partial charge in [-0.1, -0.05) is 0 Å². The maximum absolute atomic E-state index is 11.6. The number of carbonyl (C=O) groups excluding carboxylic acids is 1. The number of nitrogens with one attached hydrogen (secondary N) is 1. The largest absolute Gasteiger partial charge is 0.465 e. The number of halogens is 3. The number of aldehydes is 1. The van der Waals surface area contributed by atoms with E-state index >= 15 is 0 Å². The molecule has 0 aliphatic carbocycles. The van der Waals surface area contributed by atoms with Gasteiger partial charge in [0.25, 0.3) is 0 Å². The van der Waals surface area contributed by atoms with Crippen LogP contribution in [0.1, 0.15) is 6.42 Å². The number of hydrogen-bond donors (Lipinski definition) is 2. The van der Waals surface area contributed by atoms with Crippen molar-refractivity contribution in [2.75, 3.05) is 0 Å². The highest BCUT2D eigenvalue weighted by molar-refractivity contribution is 5.71. The number of carboxylic acid groups (broad SMARTS) is 1. The van der Waals surface area contributed by atoms with Gasteiger partial charge in [0.15, 0.2) is 0 Å². The lowest BCUT2D eigenvalue weighted by atomic mass is 10.2. The normalized spacial score (nSPS) is 13.6. The van der Waals surface area contributed by atoms with Crippen molar-refractivity contribution in [2.24, 2.45) is 0 Å². The molecule has 0 unspecified atom stereocenters. The fourth-order valence-electron chi connectivity index (χ4n) is 0.541. The lowest BCUT2D eigenvalue weighted by Gasteiger charge is -2.11. The highest BCUT2D eigenvalue weighted by Gasteiger charge is 2.32. The SMILES string of the molecule is O=C[C@H](CC(F)(F)F)NC(=O)O. The van der Waals surface area contributed by atoms with Gasteiger partial charge in [-0.25, -0.2) is 4.79 Å². The molecular weight excluding hydrogens is 179 g/mol. The third kappa shape index (κ3) is 5.51. The Balaban J connectivity index is 4.00. The molecule has 0 heterocycles. The van der Waals surface area contributed by atoms with E-state index in [1.165, 1.54) is 5.32 Å². The van der Waals surface area contributed by atoms with Crippen molar-refractivity contribution in [1.82, 2.24) is 5.32 Å². The van der Waals surface area contributed by atoms with Crippen LogP contribution >= 0.6 is 0 Å². The minimum absolute atomic E-state index is 0.0956. The molecule has 12 heavy (non-hydrogen) atoms. The molecule has 0 fully saturated rings. The molecule has 0 aromatic heterocycles. The molecule has 1 amide bonds. The summed E-state index contributed by atoms with van der Waals surface area (Å²) in [5, 5.41) is 9.39. The summed E-state index contributed by atoms with van der Waals surface area (Å²) in [6.45, 7) is 0. The minimum atomic E-state index is -4.55. The van der Waals surface area contributed by atoms with E-state index in [4.69, 9.17) is 5.11 Å². The summed E-state index contributed by atoms with van der Waals surface area (Å²) in [5.41, 5.74) is 0.